The molecule has 0 saturated carbocycles. The minimum atomic E-state index is -3.16. The van der Waals surface area contributed by atoms with Gasteiger partial charge in [-0.15, -0.1) is 0 Å². The molecule has 9 heteroatoms. The average Bonchev–Trinajstić information content (AvgIpc) is 3.27. The Morgan fingerprint density at radius 2 is 1.65 bits per heavy atom. The molecule has 2 atom stereocenters. The molecule has 0 aromatic heterocycles. The van der Waals surface area contributed by atoms with E-state index in [2.05, 4.69) is 4.99 Å². The molecule has 0 bridgehead atoms. The van der Waals surface area contributed by atoms with Crippen molar-refractivity contribution < 1.29 is 22.3 Å². The average molecular weight is 497 g/mol. The van der Waals surface area contributed by atoms with Gasteiger partial charge in [-0.05, 0) is 54.1 Å². The number of halogens is 1. The molecule has 5 rings (SSSR count). The number of nitrogens with zero attached hydrogens (tertiary/aromatic N) is 2. The summed E-state index contributed by atoms with van der Waals surface area (Å²) in [5.74, 6) is 0.683. The van der Waals surface area contributed by atoms with E-state index in [0.29, 0.717) is 22.2 Å². The van der Waals surface area contributed by atoms with Crippen LogP contribution in [0.5, 0.6) is 11.5 Å². The van der Waals surface area contributed by atoms with Crippen LogP contribution >= 0.6 is 11.8 Å². The van der Waals surface area contributed by atoms with Gasteiger partial charge in [-0.2, -0.15) is 4.99 Å². The molecule has 34 heavy (non-hydrogen) atoms. The van der Waals surface area contributed by atoms with Crippen molar-refractivity contribution in [1.82, 2.24) is 0 Å². The number of sulfone groups is 1. The van der Waals surface area contributed by atoms with E-state index in [1.165, 1.54) is 23.9 Å². The molecule has 6 nitrogen and oxygen atoms in total. The predicted octanol–water partition coefficient (Wildman–Crippen LogP) is 4.46. The largest absolute Gasteiger partial charge is 0.457 e. The summed E-state index contributed by atoms with van der Waals surface area (Å²) in [4.78, 5) is 18.8. The highest BCUT2D eigenvalue weighted by molar-refractivity contribution is 8.16. The molecule has 3 aromatic carbocycles. The summed E-state index contributed by atoms with van der Waals surface area (Å²) in [7, 11) is -3.16. The molecule has 0 spiro atoms. The second-order valence-electron chi connectivity index (χ2n) is 8.17. The number of fused-ring (bicyclic) bond motifs is 1. The molecule has 2 saturated heterocycles. The molecule has 0 radical (unpaired) electrons. The maximum Gasteiger partial charge on any atom is 0.252 e. The molecule has 3 aromatic rings. The SMILES string of the molecule is O=C(Cc1ccc(F)cc1)N=C1S[C@@H]2CS(=O)(=O)C[C@H]2N1c1ccc(Oc2ccccc2)cc1. The summed E-state index contributed by atoms with van der Waals surface area (Å²) in [6.45, 7) is 0. The Kier molecular flexibility index (Phi) is 6.14. The Morgan fingerprint density at radius 3 is 2.35 bits per heavy atom. The highest BCUT2D eigenvalue weighted by atomic mass is 32.2. The number of anilines is 1. The highest BCUT2D eigenvalue weighted by Gasteiger charge is 2.49. The third-order valence-electron chi connectivity index (χ3n) is 5.65. The zero-order valence-electron chi connectivity index (χ0n) is 18.0. The van der Waals surface area contributed by atoms with E-state index in [9.17, 15) is 17.6 Å². The molecule has 0 aliphatic carbocycles. The van der Waals surface area contributed by atoms with Crippen LogP contribution in [-0.4, -0.2) is 42.3 Å². The van der Waals surface area contributed by atoms with Crippen LogP contribution in [0.2, 0.25) is 0 Å². The van der Waals surface area contributed by atoms with Crippen molar-refractivity contribution >= 4 is 38.4 Å². The number of para-hydroxylation sites is 1. The molecule has 2 heterocycles. The lowest BCUT2D eigenvalue weighted by Crippen LogP contribution is -2.37. The number of ether oxygens (including phenoxy) is 1. The first kappa shape index (κ1) is 22.6. The minimum absolute atomic E-state index is 0.0120. The van der Waals surface area contributed by atoms with Crippen molar-refractivity contribution in [3.63, 3.8) is 0 Å². The van der Waals surface area contributed by atoms with Gasteiger partial charge in [0.05, 0.1) is 24.0 Å². The maximum absolute atomic E-state index is 13.2. The molecular formula is C25H21FN2O4S2. The summed E-state index contributed by atoms with van der Waals surface area (Å²) in [5, 5.41) is 0.288. The van der Waals surface area contributed by atoms with Gasteiger partial charge in [0.15, 0.2) is 15.0 Å². The van der Waals surface area contributed by atoms with Crippen LogP contribution in [0, 0.1) is 5.82 Å². The number of amides is 1. The number of carbonyl (C=O) groups is 1. The third kappa shape index (κ3) is 5.00. The number of hydrogen-bond donors (Lipinski definition) is 0. The Labute approximate surface area is 201 Å². The van der Waals surface area contributed by atoms with E-state index >= 15 is 0 Å². The molecular weight excluding hydrogens is 475 g/mol. The normalized spacial score (nSPS) is 22.0. The number of hydrogen-bond acceptors (Lipinski definition) is 5. The van der Waals surface area contributed by atoms with Crippen molar-refractivity contribution in [2.75, 3.05) is 16.4 Å². The monoisotopic (exact) mass is 496 g/mol. The van der Waals surface area contributed by atoms with Crippen molar-refractivity contribution in [2.24, 2.45) is 4.99 Å². The van der Waals surface area contributed by atoms with Gasteiger partial charge in [0, 0.05) is 10.9 Å². The zero-order chi connectivity index (χ0) is 23.7. The van der Waals surface area contributed by atoms with E-state index in [1.54, 1.807) is 12.1 Å². The van der Waals surface area contributed by atoms with Gasteiger partial charge in [0.25, 0.3) is 5.91 Å². The minimum Gasteiger partial charge on any atom is -0.457 e. The van der Waals surface area contributed by atoms with Crippen molar-refractivity contribution in [3.05, 3.63) is 90.2 Å². The second-order valence-corrected chi connectivity index (χ2v) is 11.5. The Balaban J connectivity index is 1.40. The second kappa shape index (κ2) is 9.23. The fourth-order valence-corrected chi connectivity index (χ4v) is 8.02. The maximum atomic E-state index is 13.2. The van der Waals surface area contributed by atoms with E-state index in [1.807, 2.05) is 59.5 Å². The predicted molar refractivity (Wildman–Crippen MR) is 132 cm³/mol. The van der Waals surface area contributed by atoms with E-state index in [-0.39, 0.29) is 40.9 Å². The van der Waals surface area contributed by atoms with Crippen LogP contribution in [-0.2, 0) is 21.1 Å². The van der Waals surface area contributed by atoms with Gasteiger partial charge in [0.2, 0.25) is 0 Å². The first-order valence-corrected chi connectivity index (χ1v) is 13.4. The summed E-state index contributed by atoms with van der Waals surface area (Å²) in [6.07, 6.45) is 0.0374. The van der Waals surface area contributed by atoms with Gasteiger partial charge >= 0.3 is 0 Å². The quantitative estimate of drug-likeness (QED) is 0.519. The van der Waals surface area contributed by atoms with E-state index < -0.39 is 9.84 Å². The van der Waals surface area contributed by atoms with Gasteiger partial charge in [-0.3, -0.25) is 4.79 Å². The van der Waals surface area contributed by atoms with Crippen LogP contribution in [0.3, 0.4) is 0 Å². The van der Waals surface area contributed by atoms with Crippen molar-refractivity contribution in [2.45, 2.75) is 17.7 Å². The summed E-state index contributed by atoms with van der Waals surface area (Å²) in [5.41, 5.74) is 1.40. The number of amidine groups is 1. The first-order valence-electron chi connectivity index (χ1n) is 10.7. The van der Waals surface area contributed by atoms with E-state index in [0.717, 1.165) is 5.69 Å². The lowest BCUT2D eigenvalue weighted by molar-refractivity contribution is -0.117. The van der Waals surface area contributed by atoms with Crippen LogP contribution in [0.1, 0.15) is 5.56 Å². The Hall–Kier alpha value is -3.17. The van der Waals surface area contributed by atoms with Crippen LogP contribution in [0.25, 0.3) is 0 Å². The lowest BCUT2D eigenvalue weighted by atomic mass is 10.1. The summed E-state index contributed by atoms with van der Waals surface area (Å²) >= 11 is 1.32. The van der Waals surface area contributed by atoms with Crippen molar-refractivity contribution in [1.29, 1.82) is 0 Å². The molecule has 2 fully saturated rings. The summed E-state index contributed by atoms with van der Waals surface area (Å²) in [6, 6.07) is 22.1. The Bertz CT molecular complexity index is 1330. The molecule has 0 N–H and O–H groups in total. The Morgan fingerprint density at radius 1 is 0.971 bits per heavy atom. The number of aliphatic imine (C=N–C) groups is 1. The van der Waals surface area contributed by atoms with Crippen LogP contribution in [0.15, 0.2) is 83.9 Å². The topological polar surface area (TPSA) is 76.0 Å². The number of benzene rings is 3. The smallest absolute Gasteiger partial charge is 0.252 e. The standard InChI is InChI=1S/C25H21FN2O4S2/c26-18-8-6-17(7-9-18)14-24(29)27-25-28(22-15-34(30,31)16-23(22)33-25)19-10-12-21(13-11-19)32-20-4-2-1-3-5-20/h1-13,22-23H,14-16H2/t22-,23-/m1/s1. The van der Waals surface area contributed by atoms with Crippen LogP contribution < -0.4 is 9.64 Å². The van der Waals surface area contributed by atoms with Gasteiger partial charge in [-0.1, -0.05) is 42.1 Å². The van der Waals surface area contributed by atoms with Gasteiger partial charge in [0.1, 0.15) is 17.3 Å². The third-order valence-corrected chi connectivity index (χ3v) is 8.86. The zero-order valence-corrected chi connectivity index (χ0v) is 19.6. The number of thioether (sulfide) groups is 1. The molecule has 0 unspecified atom stereocenters. The lowest BCUT2D eigenvalue weighted by Gasteiger charge is -2.24. The fraction of sp³-hybridized carbons (Fsp3) is 0.200. The van der Waals surface area contributed by atoms with Crippen LogP contribution in [0.4, 0.5) is 10.1 Å². The van der Waals surface area contributed by atoms with Crippen molar-refractivity contribution in [3.8, 4) is 11.5 Å². The number of rotatable bonds is 5. The highest BCUT2D eigenvalue weighted by Crippen LogP contribution is 2.41. The summed E-state index contributed by atoms with van der Waals surface area (Å²) < 4.78 is 43.6. The molecule has 174 valence electrons. The van der Waals surface area contributed by atoms with Gasteiger partial charge in [-0.25, -0.2) is 12.8 Å². The molecule has 2 aliphatic heterocycles. The molecule has 1 amide bonds. The first-order chi connectivity index (χ1) is 16.4. The van der Waals surface area contributed by atoms with Gasteiger partial charge < -0.3 is 9.64 Å². The molecule has 2 aliphatic rings. The van der Waals surface area contributed by atoms with E-state index in [4.69, 9.17) is 4.74 Å². The fourth-order valence-electron chi connectivity index (χ4n) is 4.09. The number of carbonyl (C=O) groups excluding carboxylic acids is 1.